The van der Waals surface area contributed by atoms with Crippen LogP contribution in [0.2, 0.25) is 0 Å². The van der Waals surface area contributed by atoms with Gasteiger partial charge in [0, 0.05) is 0 Å². The van der Waals surface area contributed by atoms with Crippen molar-refractivity contribution in [3.63, 3.8) is 0 Å². The fourth-order valence-corrected chi connectivity index (χ4v) is 1.34. The van der Waals surface area contributed by atoms with Gasteiger partial charge in [0.2, 0.25) is 5.54 Å². The van der Waals surface area contributed by atoms with Crippen LogP contribution in [0.25, 0.3) is 0 Å². The molecule has 5 heteroatoms. The van der Waals surface area contributed by atoms with E-state index in [9.17, 15) is 9.59 Å². The van der Waals surface area contributed by atoms with E-state index in [0.29, 0.717) is 0 Å². The summed E-state index contributed by atoms with van der Waals surface area (Å²) in [5, 5.41) is 0. The third-order valence-corrected chi connectivity index (χ3v) is 2.46. The van der Waals surface area contributed by atoms with Crippen molar-refractivity contribution < 1.29 is 19.1 Å². The fourth-order valence-electron chi connectivity index (χ4n) is 1.34. The smallest absolute Gasteiger partial charge is 0.338 e. The molecule has 0 fully saturated rings. The van der Waals surface area contributed by atoms with Gasteiger partial charge < -0.3 is 15.2 Å². The lowest BCUT2D eigenvalue weighted by Crippen LogP contribution is -2.55. The summed E-state index contributed by atoms with van der Waals surface area (Å²) in [5.41, 5.74) is 4.02. The average Bonchev–Trinajstić information content (AvgIpc) is 2.35. The molecule has 0 saturated carbocycles. The van der Waals surface area contributed by atoms with Gasteiger partial charge in [0.1, 0.15) is 12.2 Å². The lowest BCUT2D eigenvalue weighted by Gasteiger charge is -2.26. The summed E-state index contributed by atoms with van der Waals surface area (Å²) < 4.78 is 10.2. The number of hydrogen-bond acceptors (Lipinski definition) is 5. The average molecular weight is 279 g/mol. The van der Waals surface area contributed by atoms with Gasteiger partial charge in [-0.2, -0.15) is 0 Å². The van der Waals surface area contributed by atoms with Gasteiger partial charge in [-0.3, -0.25) is 0 Å². The molecule has 0 radical (unpaired) electrons. The molecule has 0 amide bonds. The number of benzene rings is 1. The highest BCUT2D eigenvalue weighted by atomic mass is 16.6. The van der Waals surface area contributed by atoms with Gasteiger partial charge >= 0.3 is 11.9 Å². The van der Waals surface area contributed by atoms with Crippen LogP contribution in [0.1, 0.15) is 33.3 Å². The van der Waals surface area contributed by atoms with Gasteiger partial charge in [0.25, 0.3) is 0 Å². The zero-order valence-electron chi connectivity index (χ0n) is 12.3. The lowest BCUT2D eigenvalue weighted by atomic mass is 10.0. The molecule has 20 heavy (non-hydrogen) atoms. The minimum absolute atomic E-state index is 0.0647. The number of esters is 2. The van der Waals surface area contributed by atoms with E-state index in [-0.39, 0.29) is 6.61 Å². The molecule has 5 nitrogen and oxygen atoms in total. The normalized spacial score (nSPS) is 14.2. The highest BCUT2D eigenvalue weighted by molar-refractivity contribution is 6.04. The van der Waals surface area contributed by atoms with E-state index in [1.54, 1.807) is 20.8 Å². The predicted octanol–water partition coefficient (Wildman–Crippen LogP) is 1.79. The summed E-state index contributed by atoms with van der Waals surface area (Å²) >= 11 is 0. The summed E-state index contributed by atoms with van der Waals surface area (Å²) in [4.78, 5) is 23.8. The number of hydrogen-bond donors (Lipinski definition) is 1. The van der Waals surface area contributed by atoms with Crippen LogP contribution in [0.3, 0.4) is 0 Å². The van der Waals surface area contributed by atoms with Gasteiger partial charge in [0.05, 0.1) is 0 Å². The number of carbonyl (C=O) groups excluding carboxylic acids is 2. The van der Waals surface area contributed by atoms with Crippen molar-refractivity contribution in [3.05, 3.63) is 35.9 Å². The quantitative estimate of drug-likeness (QED) is 0.671. The SMILES string of the molecule is CC(C)(C)OC(=O)[C@@](C)(N)C(=O)OCc1ccccc1. The Morgan fingerprint density at radius 1 is 1.05 bits per heavy atom. The molecule has 0 spiro atoms. The van der Waals surface area contributed by atoms with Crippen molar-refractivity contribution in [1.29, 1.82) is 0 Å². The molecule has 1 aromatic carbocycles. The van der Waals surface area contributed by atoms with Crippen molar-refractivity contribution in [2.45, 2.75) is 45.4 Å². The van der Waals surface area contributed by atoms with Crippen molar-refractivity contribution >= 4 is 11.9 Å². The minimum Gasteiger partial charge on any atom is -0.459 e. The van der Waals surface area contributed by atoms with Crippen LogP contribution in [-0.2, 0) is 25.7 Å². The van der Waals surface area contributed by atoms with Gasteiger partial charge in [-0.15, -0.1) is 0 Å². The molecule has 0 bridgehead atoms. The van der Waals surface area contributed by atoms with Crippen LogP contribution in [0, 0.1) is 0 Å². The third-order valence-electron chi connectivity index (χ3n) is 2.46. The highest BCUT2D eigenvalue weighted by Crippen LogP contribution is 2.14. The van der Waals surface area contributed by atoms with Gasteiger partial charge in [-0.05, 0) is 33.3 Å². The molecule has 0 heterocycles. The molecular weight excluding hydrogens is 258 g/mol. The van der Waals surface area contributed by atoms with Crippen LogP contribution in [0.4, 0.5) is 0 Å². The summed E-state index contributed by atoms with van der Waals surface area (Å²) in [6, 6.07) is 9.15. The molecule has 1 rings (SSSR count). The second-order valence-electron chi connectivity index (χ2n) is 5.77. The number of ether oxygens (including phenoxy) is 2. The van der Waals surface area contributed by atoms with E-state index in [1.165, 1.54) is 6.92 Å². The second kappa shape index (κ2) is 6.05. The van der Waals surface area contributed by atoms with Gasteiger partial charge in [0.15, 0.2) is 0 Å². The van der Waals surface area contributed by atoms with E-state index in [4.69, 9.17) is 15.2 Å². The summed E-state index contributed by atoms with van der Waals surface area (Å²) in [6.45, 7) is 6.46. The van der Waals surface area contributed by atoms with E-state index in [1.807, 2.05) is 30.3 Å². The predicted molar refractivity (Wildman–Crippen MR) is 74.7 cm³/mol. The molecule has 0 saturated heterocycles. The molecule has 1 atom stereocenters. The Kier molecular flexibility index (Phi) is 4.89. The number of carbonyl (C=O) groups is 2. The minimum atomic E-state index is -1.82. The van der Waals surface area contributed by atoms with Crippen LogP contribution in [-0.4, -0.2) is 23.1 Å². The topological polar surface area (TPSA) is 78.6 Å². The molecule has 0 aromatic heterocycles. The molecule has 110 valence electrons. The first-order valence-corrected chi connectivity index (χ1v) is 6.36. The Labute approximate surface area is 119 Å². The Balaban J connectivity index is 2.63. The van der Waals surface area contributed by atoms with Crippen LogP contribution < -0.4 is 5.73 Å². The second-order valence-corrected chi connectivity index (χ2v) is 5.77. The van der Waals surface area contributed by atoms with Crippen molar-refractivity contribution in [1.82, 2.24) is 0 Å². The van der Waals surface area contributed by atoms with Gasteiger partial charge in [-0.25, -0.2) is 9.59 Å². The Morgan fingerprint density at radius 3 is 2.10 bits per heavy atom. The molecule has 0 aliphatic heterocycles. The maximum absolute atomic E-state index is 11.9. The number of nitrogens with two attached hydrogens (primary N) is 1. The largest absolute Gasteiger partial charge is 0.459 e. The molecule has 0 aliphatic rings. The molecule has 1 aromatic rings. The summed E-state index contributed by atoms with van der Waals surface area (Å²) in [5.74, 6) is -1.61. The van der Waals surface area contributed by atoms with E-state index < -0.39 is 23.1 Å². The zero-order chi connectivity index (χ0) is 15.4. The maximum atomic E-state index is 11.9. The van der Waals surface area contributed by atoms with Crippen molar-refractivity contribution in [2.24, 2.45) is 5.73 Å². The summed E-state index contributed by atoms with van der Waals surface area (Å²) in [6.07, 6.45) is 0. The van der Waals surface area contributed by atoms with Crippen LogP contribution in [0.15, 0.2) is 30.3 Å². The van der Waals surface area contributed by atoms with Crippen molar-refractivity contribution in [3.8, 4) is 0 Å². The van der Waals surface area contributed by atoms with Crippen molar-refractivity contribution in [2.75, 3.05) is 0 Å². The van der Waals surface area contributed by atoms with E-state index >= 15 is 0 Å². The molecular formula is C15H21NO4. The number of rotatable bonds is 4. The molecule has 0 unspecified atom stereocenters. The van der Waals surface area contributed by atoms with Crippen LogP contribution >= 0.6 is 0 Å². The Morgan fingerprint density at radius 2 is 1.60 bits per heavy atom. The lowest BCUT2D eigenvalue weighted by molar-refractivity contribution is -0.171. The first kappa shape index (κ1) is 16.2. The first-order valence-electron chi connectivity index (χ1n) is 6.36. The standard InChI is InChI=1S/C15H21NO4/c1-14(2,3)20-13(18)15(4,16)12(17)19-10-11-8-6-5-7-9-11/h5-9H,10,16H2,1-4H3/t15-/m0/s1. The van der Waals surface area contributed by atoms with Gasteiger partial charge in [-0.1, -0.05) is 30.3 Å². The fraction of sp³-hybridized carbons (Fsp3) is 0.467. The highest BCUT2D eigenvalue weighted by Gasteiger charge is 2.42. The zero-order valence-corrected chi connectivity index (χ0v) is 12.3. The Bertz CT molecular complexity index is 474. The van der Waals surface area contributed by atoms with E-state index in [0.717, 1.165) is 5.56 Å². The molecule has 0 aliphatic carbocycles. The monoisotopic (exact) mass is 279 g/mol. The third kappa shape index (κ3) is 4.66. The molecule has 2 N–H and O–H groups in total. The van der Waals surface area contributed by atoms with Crippen LogP contribution in [0.5, 0.6) is 0 Å². The van der Waals surface area contributed by atoms with E-state index in [2.05, 4.69) is 0 Å². The first-order chi connectivity index (χ1) is 9.13. The maximum Gasteiger partial charge on any atom is 0.338 e. The summed E-state index contributed by atoms with van der Waals surface area (Å²) in [7, 11) is 0. The Hall–Kier alpha value is -1.88.